The maximum Gasteiger partial charge on any atom is 0.104 e. The van der Waals surface area contributed by atoms with Crippen LogP contribution in [0.2, 0.25) is 0 Å². The van der Waals surface area contributed by atoms with E-state index < -0.39 is 0 Å². The van der Waals surface area contributed by atoms with E-state index in [1.807, 2.05) is 0 Å². The van der Waals surface area contributed by atoms with Gasteiger partial charge in [0.25, 0.3) is 0 Å². The number of hydrogen-bond acceptors (Lipinski definition) is 0. The van der Waals surface area contributed by atoms with Crippen LogP contribution < -0.4 is 12.4 Å². The maximum atomic E-state index is 2.38. The highest BCUT2D eigenvalue weighted by Crippen LogP contribution is 2.22. The first kappa shape index (κ1) is 36.5. The third kappa shape index (κ3) is 21.0. The number of quaternary nitrogens is 1. The highest BCUT2D eigenvalue weighted by molar-refractivity contribution is 5.13. The lowest BCUT2D eigenvalue weighted by molar-refractivity contribution is -0.941. The Hall–Kier alpha value is -0.530. The molecule has 0 saturated carbocycles. The third-order valence-corrected chi connectivity index (χ3v) is 8.32. The summed E-state index contributed by atoms with van der Waals surface area (Å²) in [4.78, 5) is 0. The van der Waals surface area contributed by atoms with Crippen LogP contribution in [0.15, 0.2) is 30.3 Å². The Labute approximate surface area is 240 Å². The Morgan fingerprint density at radius 1 is 0.405 bits per heavy atom. The molecule has 0 N–H and O–H groups in total. The maximum absolute atomic E-state index is 2.38. The molecule has 0 fully saturated rings. The van der Waals surface area contributed by atoms with Crippen LogP contribution in [0.5, 0.6) is 0 Å². The molecule has 0 spiro atoms. The van der Waals surface area contributed by atoms with E-state index in [2.05, 4.69) is 51.1 Å². The second-order valence-electron chi connectivity index (χ2n) is 11.9. The molecule has 1 nitrogen and oxygen atoms in total. The molecule has 0 heterocycles. The summed E-state index contributed by atoms with van der Waals surface area (Å²) in [6.07, 6.45) is 31.4. The quantitative estimate of drug-likeness (QED) is 0.0780. The predicted octanol–water partition coefficient (Wildman–Crippen LogP) is 8.65. The van der Waals surface area contributed by atoms with Crippen molar-refractivity contribution in [1.82, 2.24) is 0 Å². The smallest absolute Gasteiger partial charge is 0.104 e. The van der Waals surface area contributed by atoms with E-state index in [9.17, 15) is 0 Å². The van der Waals surface area contributed by atoms with Crippen molar-refractivity contribution in [2.45, 2.75) is 169 Å². The third-order valence-electron chi connectivity index (χ3n) is 8.32. The predicted molar refractivity (Wildman–Crippen MR) is 164 cm³/mol. The molecule has 0 unspecified atom stereocenters. The molecule has 0 radical (unpaired) electrons. The molecular weight excluding hydrogens is 470 g/mol. The van der Waals surface area contributed by atoms with Crippen molar-refractivity contribution < 1.29 is 16.9 Å². The van der Waals surface area contributed by atoms with Crippen molar-refractivity contribution in [2.75, 3.05) is 19.6 Å². The molecule has 2 heteroatoms. The fraction of sp³-hybridized carbons (Fsp3) is 0.829. The summed E-state index contributed by atoms with van der Waals surface area (Å²) in [5, 5.41) is 0. The van der Waals surface area contributed by atoms with Crippen molar-refractivity contribution in [3.63, 3.8) is 0 Å². The molecule has 0 aliphatic rings. The van der Waals surface area contributed by atoms with Gasteiger partial charge in [-0.2, -0.15) is 0 Å². The molecule has 37 heavy (non-hydrogen) atoms. The van der Waals surface area contributed by atoms with Gasteiger partial charge in [0, 0.05) is 5.56 Å². The second-order valence-corrected chi connectivity index (χ2v) is 11.9. The molecule has 0 aliphatic heterocycles. The second kappa shape index (κ2) is 27.1. The molecule has 0 aromatic heterocycles. The Bertz CT molecular complexity index is 542. The van der Waals surface area contributed by atoms with Gasteiger partial charge in [-0.05, 0) is 38.5 Å². The molecule has 0 amide bonds. The van der Waals surface area contributed by atoms with E-state index in [-0.39, 0.29) is 12.4 Å². The van der Waals surface area contributed by atoms with Crippen LogP contribution in [-0.4, -0.2) is 24.1 Å². The zero-order valence-electron chi connectivity index (χ0n) is 25.6. The molecule has 0 atom stereocenters. The van der Waals surface area contributed by atoms with Crippen LogP contribution in [0.1, 0.15) is 168 Å². The fourth-order valence-corrected chi connectivity index (χ4v) is 5.93. The van der Waals surface area contributed by atoms with Gasteiger partial charge in [0.05, 0.1) is 19.6 Å². The van der Waals surface area contributed by atoms with Gasteiger partial charge >= 0.3 is 0 Å². The molecule has 0 bridgehead atoms. The summed E-state index contributed by atoms with van der Waals surface area (Å²) in [5.74, 6) is 0. The van der Waals surface area contributed by atoms with Gasteiger partial charge < -0.3 is 16.9 Å². The van der Waals surface area contributed by atoms with Gasteiger partial charge in [-0.15, -0.1) is 0 Å². The van der Waals surface area contributed by atoms with Crippen molar-refractivity contribution >= 4 is 0 Å². The van der Waals surface area contributed by atoms with Crippen molar-refractivity contribution in [1.29, 1.82) is 0 Å². The number of benzene rings is 1. The van der Waals surface area contributed by atoms with E-state index in [4.69, 9.17) is 0 Å². The standard InChI is InChI=1S/C35H66N.ClH/c1-4-7-10-13-16-17-18-19-22-28-33-36(31-26-20-14-11-8-5-2,32-27-21-15-12-9-6-3)34-35-29-24-23-25-30-35;/h23-25,29-30H,4-22,26-28,31-34H2,1-3H3;1H/q+1;/p-1. The van der Waals surface area contributed by atoms with E-state index in [0.29, 0.717) is 0 Å². The summed E-state index contributed by atoms with van der Waals surface area (Å²) in [5.41, 5.74) is 1.56. The van der Waals surface area contributed by atoms with Gasteiger partial charge in [0.15, 0.2) is 0 Å². The van der Waals surface area contributed by atoms with Crippen LogP contribution in [0.25, 0.3) is 0 Å². The summed E-state index contributed by atoms with van der Waals surface area (Å²) >= 11 is 0. The average molecular weight is 536 g/mol. The number of nitrogens with zero attached hydrogens (tertiary/aromatic N) is 1. The van der Waals surface area contributed by atoms with Crippen molar-refractivity contribution in [3.05, 3.63) is 35.9 Å². The van der Waals surface area contributed by atoms with E-state index >= 15 is 0 Å². The Morgan fingerprint density at radius 2 is 0.703 bits per heavy atom. The van der Waals surface area contributed by atoms with E-state index in [1.54, 1.807) is 5.56 Å². The summed E-state index contributed by atoms with van der Waals surface area (Å²) in [6, 6.07) is 11.4. The number of hydrogen-bond donors (Lipinski definition) is 0. The first-order chi connectivity index (χ1) is 17.8. The number of unbranched alkanes of at least 4 members (excludes halogenated alkanes) is 19. The lowest BCUT2D eigenvalue weighted by atomic mass is 10.0. The molecule has 0 saturated heterocycles. The van der Waals surface area contributed by atoms with Crippen molar-refractivity contribution in [2.24, 2.45) is 0 Å². The summed E-state index contributed by atoms with van der Waals surface area (Å²) in [6.45, 7) is 12.4. The topological polar surface area (TPSA) is 0 Å². The zero-order valence-corrected chi connectivity index (χ0v) is 26.4. The normalized spacial score (nSPS) is 11.5. The molecule has 0 aliphatic carbocycles. The molecule has 1 aromatic rings. The summed E-state index contributed by atoms with van der Waals surface area (Å²) < 4.78 is 1.35. The fourth-order valence-electron chi connectivity index (χ4n) is 5.93. The lowest BCUT2D eigenvalue weighted by Crippen LogP contribution is -3.00. The summed E-state index contributed by atoms with van der Waals surface area (Å²) in [7, 11) is 0. The molecule has 218 valence electrons. The van der Waals surface area contributed by atoms with Crippen LogP contribution in [0.4, 0.5) is 0 Å². The minimum Gasteiger partial charge on any atom is -1.00 e. The van der Waals surface area contributed by atoms with Gasteiger partial charge in [-0.1, -0.05) is 154 Å². The lowest BCUT2D eigenvalue weighted by Gasteiger charge is -2.39. The van der Waals surface area contributed by atoms with Gasteiger partial charge in [0.2, 0.25) is 0 Å². The van der Waals surface area contributed by atoms with Crippen LogP contribution in [0.3, 0.4) is 0 Å². The Kier molecular flexibility index (Phi) is 26.7. The minimum atomic E-state index is 0. The average Bonchev–Trinajstić information content (AvgIpc) is 2.90. The zero-order chi connectivity index (χ0) is 26.0. The van der Waals surface area contributed by atoms with Gasteiger partial charge in [-0.25, -0.2) is 0 Å². The first-order valence-corrected chi connectivity index (χ1v) is 16.7. The van der Waals surface area contributed by atoms with Crippen molar-refractivity contribution in [3.8, 4) is 0 Å². The van der Waals surface area contributed by atoms with Crippen LogP contribution in [0, 0.1) is 0 Å². The van der Waals surface area contributed by atoms with Gasteiger partial charge in [-0.3, -0.25) is 0 Å². The van der Waals surface area contributed by atoms with E-state index in [0.717, 1.165) is 0 Å². The highest BCUT2D eigenvalue weighted by atomic mass is 35.5. The minimum absolute atomic E-state index is 0. The Morgan fingerprint density at radius 3 is 1.03 bits per heavy atom. The highest BCUT2D eigenvalue weighted by Gasteiger charge is 2.26. The number of halogens is 1. The number of rotatable bonds is 27. The van der Waals surface area contributed by atoms with Crippen LogP contribution >= 0.6 is 0 Å². The monoisotopic (exact) mass is 535 g/mol. The molecule has 1 rings (SSSR count). The first-order valence-electron chi connectivity index (χ1n) is 16.7. The molecular formula is C35H66ClN. The van der Waals surface area contributed by atoms with E-state index in [1.165, 1.54) is 172 Å². The largest absolute Gasteiger partial charge is 1.00 e. The van der Waals surface area contributed by atoms with Crippen LogP contribution in [-0.2, 0) is 6.54 Å². The molecule has 1 aromatic carbocycles. The van der Waals surface area contributed by atoms with Gasteiger partial charge in [0.1, 0.15) is 6.54 Å². The SMILES string of the molecule is CCCCCCCCCCCC[N+](CCCCCCCC)(CCCCCCCC)Cc1ccccc1.[Cl-]. The Balaban J connectivity index is 0.0000130.